The molecular formula is C14H9ClF5NO2S. The minimum absolute atomic E-state index is 0.116. The van der Waals surface area contributed by atoms with E-state index in [0.717, 1.165) is 6.07 Å². The van der Waals surface area contributed by atoms with E-state index in [1.54, 1.807) is 11.6 Å². The van der Waals surface area contributed by atoms with Crippen LogP contribution in [0.4, 0.5) is 27.6 Å². The summed E-state index contributed by atoms with van der Waals surface area (Å²) in [6, 6.07) is 3.65. The van der Waals surface area contributed by atoms with Gasteiger partial charge in [0, 0.05) is 11.1 Å². The van der Waals surface area contributed by atoms with Crippen LogP contribution in [-0.4, -0.2) is 8.42 Å². The predicted octanol–water partition coefficient (Wildman–Crippen LogP) is 4.75. The summed E-state index contributed by atoms with van der Waals surface area (Å²) >= 11 is 5.80. The second-order valence-corrected chi connectivity index (χ2v) is 6.92. The Labute approximate surface area is 139 Å². The van der Waals surface area contributed by atoms with Crippen molar-refractivity contribution in [2.45, 2.75) is 18.0 Å². The van der Waals surface area contributed by atoms with Crippen molar-refractivity contribution in [3.8, 4) is 0 Å². The summed E-state index contributed by atoms with van der Waals surface area (Å²) in [6.07, 6.45) is -5.10. The highest BCUT2D eigenvalue weighted by atomic mass is 35.5. The number of hydrogen-bond acceptors (Lipinski definition) is 2. The highest BCUT2D eigenvalue weighted by molar-refractivity contribution is 7.92. The molecule has 0 saturated carbocycles. The van der Waals surface area contributed by atoms with Gasteiger partial charge in [0.15, 0.2) is 0 Å². The van der Waals surface area contributed by atoms with Crippen LogP contribution in [-0.2, 0) is 16.2 Å². The largest absolute Gasteiger partial charge is 0.419 e. The number of sulfonamides is 1. The van der Waals surface area contributed by atoms with Gasteiger partial charge in [0.05, 0.1) is 16.1 Å². The smallest absolute Gasteiger partial charge is 0.277 e. The molecule has 0 aliphatic rings. The number of aryl methyl sites for hydroxylation is 1. The summed E-state index contributed by atoms with van der Waals surface area (Å²) in [4.78, 5) is -0.349. The van der Waals surface area contributed by atoms with Crippen molar-refractivity contribution in [2.24, 2.45) is 0 Å². The second kappa shape index (κ2) is 6.21. The maximum atomic E-state index is 13.7. The molecule has 2 aromatic rings. The fourth-order valence-corrected chi connectivity index (χ4v) is 3.12. The normalized spacial score (nSPS) is 12.3. The van der Waals surface area contributed by atoms with Gasteiger partial charge in [-0.05, 0) is 30.7 Å². The Balaban J connectivity index is 2.43. The van der Waals surface area contributed by atoms with Gasteiger partial charge >= 0.3 is 6.18 Å². The molecule has 0 bridgehead atoms. The Morgan fingerprint density at radius 1 is 1.04 bits per heavy atom. The van der Waals surface area contributed by atoms with Gasteiger partial charge < -0.3 is 0 Å². The van der Waals surface area contributed by atoms with E-state index < -0.39 is 39.1 Å². The van der Waals surface area contributed by atoms with Gasteiger partial charge in [0.1, 0.15) is 11.6 Å². The molecule has 0 saturated heterocycles. The van der Waals surface area contributed by atoms with E-state index >= 15 is 0 Å². The van der Waals surface area contributed by atoms with Crippen LogP contribution >= 0.6 is 11.6 Å². The van der Waals surface area contributed by atoms with Gasteiger partial charge in [-0.15, -0.1) is 0 Å². The maximum Gasteiger partial charge on any atom is 0.419 e. The van der Waals surface area contributed by atoms with Crippen LogP contribution in [0.5, 0.6) is 0 Å². The first-order chi connectivity index (χ1) is 10.9. The topological polar surface area (TPSA) is 46.2 Å². The third kappa shape index (κ3) is 3.78. The summed E-state index contributed by atoms with van der Waals surface area (Å²) in [6.45, 7) is 1.62. The van der Waals surface area contributed by atoms with Crippen LogP contribution < -0.4 is 4.72 Å². The van der Waals surface area contributed by atoms with Crippen LogP contribution in [0.25, 0.3) is 0 Å². The first-order valence-corrected chi connectivity index (χ1v) is 8.13. The van der Waals surface area contributed by atoms with Gasteiger partial charge in [-0.2, -0.15) is 13.2 Å². The van der Waals surface area contributed by atoms with Crippen molar-refractivity contribution in [2.75, 3.05) is 4.72 Å². The Hall–Kier alpha value is -1.87. The van der Waals surface area contributed by atoms with Gasteiger partial charge in [-0.3, -0.25) is 4.72 Å². The Kier molecular flexibility index (Phi) is 4.78. The fourth-order valence-electron chi connectivity index (χ4n) is 1.79. The maximum absolute atomic E-state index is 13.7. The SMILES string of the molecule is Cc1ccc(S(=O)(=O)Nc2cc(F)c(C(F)(F)F)cc2F)cc1Cl. The summed E-state index contributed by atoms with van der Waals surface area (Å²) in [7, 11) is -4.36. The summed E-state index contributed by atoms with van der Waals surface area (Å²) in [5, 5.41) is 0.122. The van der Waals surface area contributed by atoms with E-state index in [1.807, 2.05) is 0 Å². The van der Waals surface area contributed by atoms with Gasteiger partial charge in [-0.1, -0.05) is 17.7 Å². The Morgan fingerprint density at radius 3 is 2.21 bits per heavy atom. The fraction of sp³-hybridized carbons (Fsp3) is 0.143. The van der Waals surface area contributed by atoms with Crippen molar-refractivity contribution < 1.29 is 30.4 Å². The van der Waals surface area contributed by atoms with Crippen LogP contribution in [0.2, 0.25) is 5.02 Å². The minimum atomic E-state index is -5.10. The van der Waals surface area contributed by atoms with Gasteiger partial charge in [0.25, 0.3) is 10.0 Å². The zero-order valence-electron chi connectivity index (χ0n) is 11.9. The zero-order valence-corrected chi connectivity index (χ0v) is 13.5. The van der Waals surface area contributed by atoms with Gasteiger partial charge in [0.2, 0.25) is 0 Å². The van der Waals surface area contributed by atoms with Crippen LogP contribution in [0.3, 0.4) is 0 Å². The molecule has 24 heavy (non-hydrogen) atoms. The van der Waals surface area contributed by atoms with E-state index in [4.69, 9.17) is 11.6 Å². The standard InChI is InChI=1S/C14H9ClF5NO2S/c1-7-2-3-8(4-10(7)15)24(22,23)21-13-6-11(16)9(5-12(13)17)14(18,19)20/h2-6,21H,1H3. The minimum Gasteiger partial charge on any atom is -0.277 e. The quantitative estimate of drug-likeness (QED) is 0.775. The monoisotopic (exact) mass is 385 g/mol. The van der Waals surface area contributed by atoms with Crippen molar-refractivity contribution >= 4 is 27.3 Å². The number of halogens is 6. The lowest BCUT2D eigenvalue weighted by Crippen LogP contribution is -2.16. The second-order valence-electron chi connectivity index (χ2n) is 4.83. The average Bonchev–Trinajstić information content (AvgIpc) is 2.43. The lowest BCUT2D eigenvalue weighted by Gasteiger charge is -2.13. The summed E-state index contributed by atoms with van der Waals surface area (Å²) < 4.78 is 90.6. The van der Waals surface area contributed by atoms with E-state index in [9.17, 15) is 30.4 Å². The summed E-state index contributed by atoms with van der Waals surface area (Å²) in [5.41, 5.74) is -2.19. The van der Waals surface area contributed by atoms with Gasteiger partial charge in [-0.25, -0.2) is 17.2 Å². The molecule has 0 radical (unpaired) electrons. The molecule has 130 valence electrons. The van der Waals surface area contributed by atoms with E-state index in [2.05, 4.69) is 0 Å². The number of alkyl halides is 3. The van der Waals surface area contributed by atoms with Crippen molar-refractivity contribution in [3.63, 3.8) is 0 Å². The molecule has 0 atom stereocenters. The third-order valence-electron chi connectivity index (χ3n) is 3.06. The molecule has 0 aliphatic carbocycles. The lowest BCUT2D eigenvalue weighted by atomic mass is 10.2. The molecular weight excluding hydrogens is 377 g/mol. The van der Waals surface area contributed by atoms with Crippen molar-refractivity contribution in [1.82, 2.24) is 0 Å². The van der Waals surface area contributed by atoms with Crippen LogP contribution in [0, 0.1) is 18.6 Å². The number of benzene rings is 2. The lowest BCUT2D eigenvalue weighted by molar-refractivity contribution is -0.140. The molecule has 0 unspecified atom stereocenters. The third-order valence-corrected chi connectivity index (χ3v) is 4.83. The molecule has 2 rings (SSSR count). The first-order valence-electron chi connectivity index (χ1n) is 6.27. The average molecular weight is 386 g/mol. The highest BCUT2D eigenvalue weighted by Crippen LogP contribution is 2.34. The van der Waals surface area contributed by atoms with Crippen molar-refractivity contribution in [3.05, 3.63) is 58.1 Å². The molecule has 1 N–H and O–H groups in total. The van der Waals surface area contributed by atoms with Crippen LogP contribution in [0.1, 0.15) is 11.1 Å². The Bertz CT molecular complexity index is 897. The van der Waals surface area contributed by atoms with E-state index in [0.29, 0.717) is 5.56 Å². The molecule has 0 heterocycles. The first kappa shape index (κ1) is 18.5. The van der Waals surface area contributed by atoms with Crippen LogP contribution in [0.15, 0.2) is 35.2 Å². The number of hydrogen-bond donors (Lipinski definition) is 1. The van der Waals surface area contributed by atoms with E-state index in [-0.39, 0.29) is 22.1 Å². The molecule has 2 aromatic carbocycles. The number of nitrogens with one attached hydrogen (secondary N) is 1. The molecule has 0 spiro atoms. The molecule has 0 fully saturated rings. The molecule has 0 amide bonds. The zero-order chi connectivity index (χ0) is 18.3. The highest BCUT2D eigenvalue weighted by Gasteiger charge is 2.35. The van der Waals surface area contributed by atoms with E-state index in [1.165, 1.54) is 12.1 Å². The predicted molar refractivity (Wildman–Crippen MR) is 78.4 cm³/mol. The molecule has 10 heteroatoms. The number of anilines is 1. The molecule has 0 aromatic heterocycles. The summed E-state index contributed by atoms with van der Waals surface area (Å²) in [5.74, 6) is -3.37. The molecule has 0 aliphatic heterocycles. The number of rotatable bonds is 3. The van der Waals surface area contributed by atoms with Crippen molar-refractivity contribution in [1.29, 1.82) is 0 Å². The molecule has 3 nitrogen and oxygen atoms in total. The Morgan fingerprint density at radius 2 is 1.67 bits per heavy atom.